The molecule has 0 aliphatic heterocycles. The van der Waals surface area contributed by atoms with Gasteiger partial charge in [0.05, 0.1) is 15.8 Å². The highest BCUT2D eigenvalue weighted by Gasteiger charge is 2.27. The van der Waals surface area contributed by atoms with Crippen molar-refractivity contribution >= 4 is 21.0 Å². The van der Waals surface area contributed by atoms with E-state index in [0.717, 1.165) is 12.0 Å². The summed E-state index contributed by atoms with van der Waals surface area (Å²) >= 11 is 0. The molecular formula is C27H26O3S2. The summed E-state index contributed by atoms with van der Waals surface area (Å²) in [6, 6.07) is 36.4. The molecule has 0 spiro atoms. The molecule has 0 N–H and O–H groups in total. The number of hydrogen-bond donors (Lipinski definition) is 0. The molecule has 0 fully saturated rings. The van der Waals surface area contributed by atoms with Crippen LogP contribution in [0.25, 0.3) is 0 Å². The highest BCUT2D eigenvalue weighted by molar-refractivity contribution is 7.97. The van der Waals surface area contributed by atoms with E-state index in [2.05, 4.69) is 91.9 Å². The molecular weight excluding hydrogens is 436 g/mol. The van der Waals surface area contributed by atoms with Crippen LogP contribution in [-0.2, 0) is 27.4 Å². The molecule has 0 bridgehead atoms. The first-order valence-electron chi connectivity index (χ1n) is 10.3. The molecule has 4 aromatic carbocycles. The molecule has 0 saturated heterocycles. The zero-order chi connectivity index (χ0) is 23.0. The van der Waals surface area contributed by atoms with E-state index >= 15 is 0 Å². The van der Waals surface area contributed by atoms with E-state index in [0.29, 0.717) is 0 Å². The van der Waals surface area contributed by atoms with Gasteiger partial charge < -0.3 is 4.55 Å². The van der Waals surface area contributed by atoms with Gasteiger partial charge in [0.1, 0.15) is 10.1 Å². The van der Waals surface area contributed by atoms with Gasteiger partial charge in [0.15, 0.2) is 14.7 Å². The van der Waals surface area contributed by atoms with Gasteiger partial charge in [0.25, 0.3) is 0 Å². The average molecular weight is 463 g/mol. The number of hydrogen-bond acceptors (Lipinski definition) is 3. The minimum atomic E-state index is -4.27. The van der Waals surface area contributed by atoms with Crippen molar-refractivity contribution in [3.63, 3.8) is 0 Å². The number of benzene rings is 4. The van der Waals surface area contributed by atoms with Gasteiger partial charge in [0, 0.05) is 0 Å². The Hall–Kier alpha value is -2.86. The molecule has 4 rings (SSSR count). The van der Waals surface area contributed by atoms with Gasteiger partial charge in [-0.25, -0.2) is 8.42 Å². The van der Waals surface area contributed by atoms with Gasteiger partial charge >= 0.3 is 0 Å². The highest BCUT2D eigenvalue weighted by Crippen LogP contribution is 2.31. The molecule has 0 heterocycles. The van der Waals surface area contributed by atoms with Crippen LogP contribution >= 0.6 is 0 Å². The number of aryl methyl sites for hydroxylation is 2. The Morgan fingerprint density at radius 3 is 1.50 bits per heavy atom. The van der Waals surface area contributed by atoms with Crippen LogP contribution in [0.3, 0.4) is 0 Å². The largest absolute Gasteiger partial charge is 0.744 e. The molecule has 0 atom stereocenters. The summed E-state index contributed by atoms with van der Waals surface area (Å²) in [6.45, 7) is 4.02. The fourth-order valence-electron chi connectivity index (χ4n) is 3.09. The van der Waals surface area contributed by atoms with E-state index < -0.39 is 10.1 Å². The summed E-state index contributed by atoms with van der Waals surface area (Å²) < 4.78 is 31.2. The lowest BCUT2D eigenvalue weighted by Crippen LogP contribution is -2.04. The maximum Gasteiger partial charge on any atom is 0.166 e. The summed E-state index contributed by atoms with van der Waals surface area (Å²) in [7, 11) is -4.29. The average Bonchev–Trinajstić information content (AvgIpc) is 2.81. The smallest absolute Gasteiger partial charge is 0.166 e. The summed E-state index contributed by atoms with van der Waals surface area (Å²) in [5.74, 6) is 0. The maximum absolute atomic E-state index is 10.4. The molecule has 0 amide bonds. The van der Waals surface area contributed by atoms with E-state index in [4.69, 9.17) is 0 Å². The standard InChI is InChI=1S/C20H19S.C7H8O3S/c1-2-17-13-15-20(16-14-17)21(18-9-5-3-6-10-18)19-11-7-4-8-12-19;1-6-2-4-7(5-3-6)11(8,9)10/h3-16H,2H2,1H3;2-5H,1H3,(H,8,9,10)/q+1;/p-1. The number of rotatable bonds is 5. The molecule has 32 heavy (non-hydrogen) atoms. The summed E-state index contributed by atoms with van der Waals surface area (Å²) in [4.78, 5) is 3.94. The lowest BCUT2D eigenvalue weighted by atomic mass is 10.2. The van der Waals surface area contributed by atoms with E-state index in [1.807, 2.05) is 6.92 Å². The van der Waals surface area contributed by atoms with Crippen LogP contribution in [0.15, 0.2) is 129 Å². The van der Waals surface area contributed by atoms with Gasteiger partial charge in [0.2, 0.25) is 0 Å². The molecule has 0 aliphatic carbocycles. The topological polar surface area (TPSA) is 57.2 Å². The van der Waals surface area contributed by atoms with Crippen LogP contribution in [0.1, 0.15) is 18.1 Å². The Labute approximate surface area is 193 Å². The van der Waals surface area contributed by atoms with Crippen molar-refractivity contribution in [3.05, 3.63) is 120 Å². The lowest BCUT2D eigenvalue weighted by molar-refractivity contribution is 0.463. The first kappa shape index (κ1) is 23.8. The third kappa shape index (κ3) is 6.57. The second-order valence-corrected chi connectivity index (χ2v) is 10.6. The molecule has 3 nitrogen and oxygen atoms in total. The van der Waals surface area contributed by atoms with Crippen LogP contribution in [0.5, 0.6) is 0 Å². The Kier molecular flexibility index (Phi) is 8.28. The second-order valence-electron chi connectivity index (χ2n) is 7.20. The Morgan fingerprint density at radius 1 is 0.656 bits per heavy atom. The molecule has 5 heteroatoms. The van der Waals surface area contributed by atoms with Crippen LogP contribution < -0.4 is 0 Å². The van der Waals surface area contributed by atoms with Gasteiger partial charge in [-0.3, -0.25) is 0 Å². The fraction of sp³-hybridized carbons (Fsp3) is 0.111. The van der Waals surface area contributed by atoms with Gasteiger partial charge in [-0.15, -0.1) is 0 Å². The highest BCUT2D eigenvalue weighted by atomic mass is 32.2. The van der Waals surface area contributed by atoms with Crippen molar-refractivity contribution in [2.75, 3.05) is 0 Å². The van der Waals surface area contributed by atoms with Gasteiger partial charge in [-0.05, 0) is 67.4 Å². The minimum absolute atomic E-state index is 0.0249. The quantitative estimate of drug-likeness (QED) is 0.260. The van der Waals surface area contributed by atoms with Gasteiger partial charge in [-0.2, -0.15) is 0 Å². The monoisotopic (exact) mass is 462 g/mol. The molecule has 0 unspecified atom stereocenters. The molecule has 0 aliphatic rings. The molecule has 164 valence electrons. The summed E-state index contributed by atoms with van der Waals surface area (Å²) in [5, 5.41) is 0. The van der Waals surface area contributed by atoms with Crippen molar-refractivity contribution in [1.82, 2.24) is 0 Å². The van der Waals surface area contributed by atoms with Crippen molar-refractivity contribution in [2.24, 2.45) is 0 Å². The normalized spacial score (nSPS) is 11.0. The first-order chi connectivity index (χ1) is 15.4. The summed E-state index contributed by atoms with van der Waals surface area (Å²) in [5.41, 5.74) is 2.32. The van der Waals surface area contributed by atoms with Crippen molar-refractivity contribution < 1.29 is 13.0 Å². The van der Waals surface area contributed by atoms with E-state index in [1.165, 1.54) is 32.4 Å². The fourth-order valence-corrected chi connectivity index (χ4v) is 5.64. The third-order valence-corrected chi connectivity index (χ3v) is 7.92. The summed E-state index contributed by atoms with van der Waals surface area (Å²) in [6.07, 6.45) is 1.09. The van der Waals surface area contributed by atoms with Crippen LogP contribution in [0.4, 0.5) is 0 Å². The van der Waals surface area contributed by atoms with E-state index in [1.54, 1.807) is 12.1 Å². The van der Waals surface area contributed by atoms with Crippen molar-refractivity contribution in [2.45, 2.75) is 39.9 Å². The van der Waals surface area contributed by atoms with E-state index in [9.17, 15) is 13.0 Å². The lowest BCUT2D eigenvalue weighted by Gasteiger charge is -2.08. The van der Waals surface area contributed by atoms with E-state index in [-0.39, 0.29) is 15.8 Å². The SMILES string of the molecule is CCc1ccc([S+](c2ccccc2)c2ccccc2)cc1.Cc1ccc(S(=O)(=O)[O-])cc1. The zero-order valence-corrected chi connectivity index (χ0v) is 19.8. The van der Waals surface area contributed by atoms with Crippen molar-refractivity contribution in [1.29, 1.82) is 0 Å². The van der Waals surface area contributed by atoms with Crippen LogP contribution in [-0.4, -0.2) is 13.0 Å². The Morgan fingerprint density at radius 2 is 1.09 bits per heavy atom. The predicted molar refractivity (Wildman–Crippen MR) is 130 cm³/mol. The molecule has 4 aromatic rings. The van der Waals surface area contributed by atoms with Crippen molar-refractivity contribution in [3.8, 4) is 0 Å². The van der Waals surface area contributed by atoms with Gasteiger partial charge in [-0.1, -0.05) is 73.2 Å². The van der Waals surface area contributed by atoms with Crippen LogP contribution in [0, 0.1) is 6.92 Å². The Bertz CT molecular complexity index is 1160. The zero-order valence-electron chi connectivity index (χ0n) is 18.1. The second kappa shape index (κ2) is 11.1. The maximum atomic E-state index is 10.4. The Balaban J connectivity index is 0.000000222. The first-order valence-corrected chi connectivity index (χ1v) is 13.0. The molecule has 0 radical (unpaired) electrons. The predicted octanol–water partition coefficient (Wildman–Crippen LogP) is 6.24. The minimum Gasteiger partial charge on any atom is -0.744 e. The third-order valence-electron chi connectivity index (χ3n) is 4.83. The molecule has 0 saturated carbocycles. The van der Waals surface area contributed by atoms with Crippen LogP contribution in [0.2, 0.25) is 0 Å². The molecule has 0 aromatic heterocycles.